The van der Waals surface area contributed by atoms with Crippen molar-refractivity contribution in [2.24, 2.45) is 4.99 Å². The van der Waals surface area contributed by atoms with Gasteiger partial charge in [-0.15, -0.1) is 0 Å². The van der Waals surface area contributed by atoms with Crippen molar-refractivity contribution in [2.75, 3.05) is 11.9 Å². The van der Waals surface area contributed by atoms with E-state index in [-0.39, 0.29) is 24.3 Å². The molecular formula is C23H23N5O3. The summed E-state index contributed by atoms with van der Waals surface area (Å²) in [6.45, 7) is 4.40. The molecular weight excluding hydrogens is 394 g/mol. The molecule has 0 radical (unpaired) electrons. The first-order valence-corrected chi connectivity index (χ1v) is 9.96. The molecule has 31 heavy (non-hydrogen) atoms. The van der Waals surface area contributed by atoms with Gasteiger partial charge in [0, 0.05) is 23.5 Å². The smallest absolute Gasteiger partial charge is 0.258 e. The molecule has 0 fully saturated rings. The van der Waals surface area contributed by atoms with Crippen LogP contribution in [0.5, 0.6) is 11.5 Å². The summed E-state index contributed by atoms with van der Waals surface area (Å²) in [5, 5.41) is 16.1. The molecule has 0 saturated heterocycles. The number of fused-ring (bicyclic) bond motifs is 1. The van der Waals surface area contributed by atoms with Crippen LogP contribution in [0.15, 0.2) is 53.7 Å². The van der Waals surface area contributed by atoms with Gasteiger partial charge in [0.1, 0.15) is 5.75 Å². The first-order chi connectivity index (χ1) is 15.0. The van der Waals surface area contributed by atoms with Crippen molar-refractivity contribution in [3.8, 4) is 22.9 Å². The highest BCUT2D eigenvalue weighted by Gasteiger charge is 2.12. The largest absolute Gasteiger partial charge is 0.503 e. The SMILES string of the molecule is CC(C)NC(=O)COc1cccc(-c2ncc(O)c(Nc3ccc4c(c3)C=NC4)n2)c1. The van der Waals surface area contributed by atoms with Crippen LogP contribution in [0.3, 0.4) is 0 Å². The number of carbonyl (C=O) groups excluding carboxylic acids is 1. The minimum absolute atomic E-state index is 0.0525. The minimum atomic E-state index is -0.188. The van der Waals surface area contributed by atoms with Crippen molar-refractivity contribution >= 4 is 23.6 Å². The fourth-order valence-electron chi connectivity index (χ4n) is 3.16. The number of nitrogens with one attached hydrogen (secondary N) is 2. The molecule has 0 saturated carbocycles. The maximum absolute atomic E-state index is 11.8. The Hall–Kier alpha value is -3.94. The quantitative estimate of drug-likeness (QED) is 0.543. The molecule has 0 bridgehead atoms. The summed E-state index contributed by atoms with van der Waals surface area (Å²) in [6, 6.07) is 13.1. The first-order valence-electron chi connectivity index (χ1n) is 9.96. The highest BCUT2D eigenvalue weighted by Crippen LogP contribution is 2.29. The van der Waals surface area contributed by atoms with Gasteiger partial charge < -0.3 is 20.5 Å². The van der Waals surface area contributed by atoms with Crippen LogP contribution in [-0.4, -0.2) is 39.8 Å². The third-order valence-electron chi connectivity index (χ3n) is 4.58. The number of rotatable bonds is 7. The molecule has 3 N–H and O–H groups in total. The van der Waals surface area contributed by atoms with Gasteiger partial charge in [-0.3, -0.25) is 9.79 Å². The van der Waals surface area contributed by atoms with E-state index < -0.39 is 0 Å². The average Bonchev–Trinajstić information content (AvgIpc) is 3.21. The fraction of sp³-hybridized carbons (Fsp3) is 0.217. The van der Waals surface area contributed by atoms with Gasteiger partial charge in [-0.25, -0.2) is 9.97 Å². The second kappa shape index (κ2) is 8.83. The van der Waals surface area contributed by atoms with E-state index in [1.165, 1.54) is 6.20 Å². The van der Waals surface area contributed by atoms with E-state index in [1.807, 2.05) is 44.3 Å². The van der Waals surface area contributed by atoms with Crippen LogP contribution in [0, 0.1) is 0 Å². The van der Waals surface area contributed by atoms with Crippen molar-refractivity contribution in [3.63, 3.8) is 0 Å². The van der Waals surface area contributed by atoms with E-state index in [2.05, 4.69) is 25.6 Å². The molecule has 1 aliphatic heterocycles. The topological polar surface area (TPSA) is 109 Å². The lowest BCUT2D eigenvalue weighted by Crippen LogP contribution is -2.34. The monoisotopic (exact) mass is 417 g/mol. The minimum Gasteiger partial charge on any atom is -0.503 e. The van der Waals surface area contributed by atoms with Crippen LogP contribution in [0.4, 0.5) is 11.5 Å². The lowest BCUT2D eigenvalue weighted by Gasteiger charge is -2.12. The Labute approximate surface area is 180 Å². The molecule has 158 valence electrons. The Bertz CT molecular complexity index is 1140. The van der Waals surface area contributed by atoms with Crippen molar-refractivity contribution in [1.29, 1.82) is 0 Å². The molecule has 0 spiro atoms. The number of aliphatic imine (C=N–C) groups is 1. The lowest BCUT2D eigenvalue weighted by atomic mass is 10.1. The molecule has 1 aliphatic rings. The van der Waals surface area contributed by atoms with Crippen molar-refractivity contribution in [2.45, 2.75) is 26.4 Å². The molecule has 1 amide bonds. The third-order valence-corrected chi connectivity index (χ3v) is 4.58. The van der Waals surface area contributed by atoms with Crippen LogP contribution in [0.2, 0.25) is 0 Å². The van der Waals surface area contributed by atoms with E-state index in [0.29, 0.717) is 29.5 Å². The Morgan fingerprint density at radius 1 is 1.23 bits per heavy atom. The lowest BCUT2D eigenvalue weighted by molar-refractivity contribution is -0.123. The van der Waals surface area contributed by atoms with Crippen LogP contribution < -0.4 is 15.4 Å². The molecule has 2 aromatic carbocycles. The average molecular weight is 417 g/mol. The molecule has 0 aliphatic carbocycles. The third kappa shape index (κ3) is 4.98. The Morgan fingerprint density at radius 2 is 2.10 bits per heavy atom. The number of carbonyl (C=O) groups is 1. The predicted molar refractivity (Wildman–Crippen MR) is 119 cm³/mol. The Balaban J connectivity index is 1.51. The van der Waals surface area contributed by atoms with Gasteiger partial charge in [0.25, 0.3) is 5.91 Å². The molecule has 3 aromatic rings. The van der Waals surface area contributed by atoms with Crippen LogP contribution in [0.1, 0.15) is 25.0 Å². The number of anilines is 2. The second-order valence-electron chi connectivity index (χ2n) is 7.47. The van der Waals surface area contributed by atoms with Crippen molar-refractivity contribution in [1.82, 2.24) is 15.3 Å². The molecule has 8 heteroatoms. The molecule has 0 unspecified atom stereocenters. The van der Waals surface area contributed by atoms with Crippen molar-refractivity contribution < 1.29 is 14.6 Å². The number of amides is 1. The zero-order valence-electron chi connectivity index (χ0n) is 17.3. The molecule has 4 rings (SSSR count). The first kappa shape index (κ1) is 20.3. The summed E-state index contributed by atoms with van der Waals surface area (Å²) in [7, 11) is 0. The molecule has 8 nitrogen and oxygen atoms in total. The zero-order chi connectivity index (χ0) is 21.8. The van der Waals surface area contributed by atoms with Gasteiger partial charge in [-0.1, -0.05) is 18.2 Å². The summed E-state index contributed by atoms with van der Waals surface area (Å²) < 4.78 is 5.58. The summed E-state index contributed by atoms with van der Waals surface area (Å²) in [6.07, 6.45) is 3.18. The maximum atomic E-state index is 11.8. The molecule has 0 atom stereocenters. The standard InChI is InChI=1S/C23H23N5O3/c1-14(2)26-21(30)13-31-19-5-3-4-15(9-19)22-25-12-20(29)23(28-22)27-18-7-6-16-10-24-11-17(16)8-18/h3-9,11-12,14,29H,10,13H2,1-2H3,(H,26,30)(H,25,27,28). The van der Waals surface area contributed by atoms with E-state index >= 15 is 0 Å². The van der Waals surface area contributed by atoms with E-state index in [4.69, 9.17) is 4.74 Å². The van der Waals surface area contributed by atoms with Crippen LogP contribution >= 0.6 is 0 Å². The zero-order valence-corrected chi connectivity index (χ0v) is 17.3. The van der Waals surface area contributed by atoms with E-state index in [1.54, 1.807) is 18.2 Å². The van der Waals surface area contributed by atoms with Gasteiger partial charge in [-0.05, 0) is 49.2 Å². The highest BCUT2D eigenvalue weighted by molar-refractivity contribution is 5.86. The van der Waals surface area contributed by atoms with Crippen LogP contribution in [0.25, 0.3) is 11.4 Å². The van der Waals surface area contributed by atoms with Crippen LogP contribution in [-0.2, 0) is 11.3 Å². The van der Waals surface area contributed by atoms with E-state index in [0.717, 1.165) is 16.8 Å². The number of aromatic nitrogens is 2. The fourth-order valence-corrected chi connectivity index (χ4v) is 3.16. The number of hydrogen-bond acceptors (Lipinski definition) is 7. The van der Waals surface area contributed by atoms with Gasteiger partial charge >= 0.3 is 0 Å². The number of hydrogen-bond donors (Lipinski definition) is 3. The van der Waals surface area contributed by atoms with Crippen molar-refractivity contribution in [3.05, 3.63) is 59.8 Å². The Morgan fingerprint density at radius 3 is 2.94 bits per heavy atom. The number of benzene rings is 2. The Kier molecular flexibility index (Phi) is 5.79. The maximum Gasteiger partial charge on any atom is 0.258 e. The summed E-state index contributed by atoms with van der Waals surface area (Å²) in [5.74, 6) is 0.992. The van der Waals surface area contributed by atoms with Gasteiger partial charge in [-0.2, -0.15) is 0 Å². The number of nitrogens with zero attached hydrogens (tertiary/aromatic N) is 3. The van der Waals surface area contributed by atoms with Gasteiger partial charge in [0.2, 0.25) is 0 Å². The number of ether oxygens (including phenoxy) is 1. The van der Waals surface area contributed by atoms with Gasteiger partial charge in [0.05, 0.1) is 12.7 Å². The number of aromatic hydroxyl groups is 1. The van der Waals surface area contributed by atoms with E-state index in [9.17, 15) is 9.90 Å². The summed E-state index contributed by atoms with van der Waals surface area (Å²) in [4.78, 5) is 24.8. The predicted octanol–water partition coefficient (Wildman–Crippen LogP) is 3.43. The molecule has 2 heterocycles. The summed E-state index contributed by atoms with van der Waals surface area (Å²) in [5.41, 5.74) is 3.70. The normalized spacial score (nSPS) is 12.0. The van der Waals surface area contributed by atoms with Gasteiger partial charge in [0.15, 0.2) is 24.0 Å². The highest BCUT2D eigenvalue weighted by atomic mass is 16.5. The molecule has 1 aromatic heterocycles. The second-order valence-corrected chi connectivity index (χ2v) is 7.47. The summed E-state index contributed by atoms with van der Waals surface area (Å²) >= 11 is 0.